The maximum Gasteiger partial charge on any atom is 0.273 e. The number of hydrogen-bond donors (Lipinski definition) is 1. The Morgan fingerprint density at radius 2 is 2.09 bits per heavy atom. The van der Waals surface area contributed by atoms with E-state index in [4.69, 9.17) is 21.6 Å². The summed E-state index contributed by atoms with van der Waals surface area (Å²) in [6.07, 6.45) is 1.69. The number of nitrogens with zero attached hydrogens (tertiary/aromatic N) is 4. The molecule has 0 fully saturated rings. The molecule has 1 N–H and O–H groups in total. The molecular weight excluding hydrogens is 468 g/mol. The molecule has 11 heteroatoms. The van der Waals surface area contributed by atoms with Gasteiger partial charge in [0.2, 0.25) is 5.28 Å². The van der Waals surface area contributed by atoms with Gasteiger partial charge in [0.25, 0.3) is 5.69 Å². The Morgan fingerprint density at radius 3 is 2.82 bits per heavy atom. The summed E-state index contributed by atoms with van der Waals surface area (Å²) in [6.45, 7) is 0.638. The third kappa shape index (κ3) is 4.89. The number of halogens is 3. The molecule has 1 aliphatic rings. The van der Waals surface area contributed by atoms with Gasteiger partial charge in [-0.15, -0.1) is 0 Å². The van der Waals surface area contributed by atoms with Crippen LogP contribution < -0.4 is 10.1 Å². The van der Waals surface area contributed by atoms with Crippen LogP contribution in [0.1, 0.15) is 41.1 Å². The number of non-ortho nitro benzene ring substituents is 1. The van der Waals surface area contributed by atoms with Gasteiger partial charge in [0.1, 0.15) is 29.3 Å². The van der Waals surface area contributed by atoms with Crippen molar-refractivity contribution >= 4 is 23.1 Å². The zero-order valence-electron chi connectivity index (χ0n) is 17.7. The molecule has 1 unspecified atom stereocenters. The van der Waals surface area contributed by atoms with Crippen molar-refractivity contribution in [1.82, 2.24) is 9.97 Å². The summed E-state index contributed by atoms with van der Waals surface area (Å²) < 4.78 is 33.2. The van der Waals surface area contributed by atoms with Crippen LogP contribution >= 0.6 is 11.6 Å². The van der Waals surface area contributed by atoms with Gasteiger partial charge in [-0.2, -0.15) is 5.26 Å². The standard InChI is InChI=1S/C23H18ClF2N5O3/c24-23-29-21-17(16-5-3-14(25)10-19(16)26)6-7-18(21)22(30-23)28-8-1-9-34-20-11-15(31(32)33)4-2-13(20)12-27/h2-5,10-11,17H,1,6-9H2,(H,28,29,30). The predicted octanol–water partition coefficient (Wildman–Crippen LogP) is 5.15. The number of nitro groups is 1. The number of nitriles is 1. The highest BCUT2D eigenvalue weighted by Crippen LogP contribution is 2.41. The quantitative estimate of drug-likeness (QED) is 0.203. The highest BCUT2D eigenvalue weighted by Gasteiger charge is 2.31. The second-order valence-electron chi connectivity index (χ2n) is 7.64. The Labute approximate surface area is 198 Å². The smallest absolute Gasteiger partial charge is 0.273 e. The average Bonchev–Trinajstić information content (AvgIpc) is 3.22. The van der Waals surface area contributed by atoms with Gasteiger partial charge >= 0.3 is 0 Å². The molecule has 1 heterocycles. The maximum absolute atomic E-state index is 14.3. The number of nitrogens with one attached hydrogen (secondary N) is 1. The molecule has 0 amide bonds. The summed E-state index contributed by atoms with van der Waals surface area (Å²) in [6, 6.07) is 9.26. The largest absolute Gasteiger partial charge is 0.492 e. The normalized spacial score (nSPS) is 14.4. The molecule has 8 nitrogen and oxygen atoms in total. The van der Waals surface area contributed by atoms with Gasteiger partial charge in [-0.1, -0.05) is 6.07 Å². The van der Waals surface area contributed by atoms with Crippen molar-refractivity contribution in [2.45, 2.75) is 25.2 Å². The van der Waals surface area contributed by atoms with Crippen molar-refractivity contribution in [3.05, 3.63) is 85.8 Å². The van der Waals surface area contributed by atoms with E-state index in [1.807, 2.05) is 6.07 Å². The Balaban J connectivity index is 1.41. The molecule has 3 aromatic rings. The third-order valence-corrected chi connectivity index (χ3v) is 5.70. The van der Waals surface area contributed by atoms with Crippen LogP contribution in [0.15, 0.2) is 36.4 Å². The van der Waals surface area contributed by atoms with Crippen LogP contribution in [-0.2, 0) is 6.42 Å². The van der Waals surface area contributed by atoms with E-state index in [2.05, 4.69) is 15.3 Å². The van der Waals surface area contributed by atoms with Crippen molar-refractivity contribution in [1.29, 1.82) is 5.26 Å². The van der Waals surface area contributed by atoms with E-state index in [0.29, 0.717) is 42.9 Å². The molecule has 174 valence electrons. The van der Waals surface area contributed by atoms with Gasteiger partial charge < -0.3 is 10.1 Å². The van der Waals surface area contributed by atoms with Gasteiger partial charge in [0, 0.05) is 30.2 Å². The van der Waals surface area contributed by atoms with Crippen molar-refractivity contribution in [3.63, 3.8) is 0 Å². The number of ether oxygens (including phenoxy) is 1. The monoisotopic (exact) mass is 485 g/mol. The Hall–Kier alpha value is -3.84. The van der Waals surface area contributed by atoms with Gasteiger partial charge in [0.05, 0.1) is 28.9 Å². The average molecular weight is 486 g/mol. The molecule has 0 spiro atoms. The fraction of sp³-hybridized carbons (Fsp3) is 0.261. The third-order valence-electron chi connectivity index (χ3n) is 5.53. The van der Waals surface area contributed by atoms with Gasteiger partial charge in [0.15, 0.2) is 0 Å². The van der Waals surface area contributed by atoms with Crippen LogP contribution in [0.4, 0.5) is 20.3 Å². The molecule has 1 aliphatic carbocycles. The first kappa shape index (κ1) is 23.3. The minimum Gasteiger partial charge on any atom is -0.492 e. The first-order valence-corrected chi connectivity index (χ1v) is 10.8. The zero-order chi connectivity index (χ0) is 24.2. The number of benzene rings is 2. The van der Waals surface area contributed by atoms with E-state index in [1.54, 1.807) is 0 Å². The number of rotatable bonds is 8. The summed E-state index contributed by atoms with van der Waals surface area (Å²) in [5.41, 5.74) is 1.84. The highest BCUT2D eigenvalue weighted by molar-refractivity contribution is 6.28. The molecule has 0 saturated carbocycles. The zero-order valence-corrected chi connectivity index (χ0v) is 18.5. The van der Waals surface area contributed by atoms with Gasteiger partial charge in [-0.3, -0.25) is 10.1 Å². The fourth-order valence-electron chi connectivity index (χ4n) is 3.96. The van der Waals surface area contributed by atoms with Crippen LogP contribution in [0.2, 0.25) is 5.28 Å². The molecule has 0 bridgehead atoms. The summed E-state index contributed by atoms with van der Waals surface area (Å²) in [7, 11) is 0. The van der Waals surface area contributed by atoms with Gasteiger partial charge in [-0.25, -0.2) is 18.7 Å². The van der Waals surface area contributed by atoms with Crippen molar-refractivity contribution < 1.29 is 18.4 Å². The molecule has 4 rings (SSSR count). The Morgan fingerprint density at radius 1 is 1.26 bits per heavy atom. The first-order chi connectivity index (χ1) is 16.4. The summed E-state index contributed by atoms with van der Waals surface area (Å²) in [5, 5.41) is 23.3. The van der Waals surface area contributed by atoms with E-state index < -0.39 is 16.6 Å². The number of aromatic nitrogens is 2. The molecule has 0 saturated heterocycles. The van der Waals surface area contributed by atoms with Crippen LogP contribution in [0.25, 0.3) is 0 Å². The molecule has 1 atom stereocenters. The van der Waals surface area contributed by atoms with E-state index in [9.17, 15) is 18.9 Å². The van der Waals surface area contributed by atoms with E-state index >= 15 is 0 Å². The lowest BCUT2D eigenvalue weighted by molar-refractivity contribution is -0.384. The number of hydrogen-bond acceptors (Lipinski definition) is 7. The summed E-state index contributed by atoms with van der Waals surface area (Å²) >= 11 is 6.11. The topological polar surface area (TPSA) is 114 Å². The molecule has 34 heavy (non-hydrogen) atoms. The van der Waals surface area contributed by atoms with Crippen LogP contribution in [0.3, 0.4) is 0 Å². The Kier molecular flexibility index (Phi) is 6.84. The lowest BCUT2D eigenvalue weighted by atomic mass is 9.96. The highest BCUT2D eigenvalue weighted by atomic mass is 35.5. The van der Waals surface area contributed by atoms with E-state index in [-0.39, 0.29) is 34.8 Å². The van der Waals surface area contributed by atoms with E-state index in [0.717, 1.165) is 11.6 Å². The maximum atomic E-state index is 14.3. The number of fused-ring (bicyclic) bond motifs is 1. The number of nitro benzene ring substituents is 1. The predicted molar refractivity (Wildman–Crippen MR) is 120 cm³/mol. The second-order valence-corrected chi connectivity index (χ2v) is 7.98. The number of anilines is 1. The minimum atomic E-state index is -0.642. The van der Waals surface area contributed by atoms with Crippen LogP contribution in [-0.4, -0.2) is 28.0 Å². The van der Waals surface area contributed by atoms with Crippen molar-refractivity contribution in [2.24, 2.45) is 0 Å². The SMILES string of the molecule is N#Cc1ccc([N+](=O)[O-])cc1OCCCNc1nc(Cl)nc2c1CCC2c1ccc(F)cc1F. The molecule has 0 aliphatic heterocycles. The molecule has 2 aromatic carbocycles. The second kappa shape index (κ2) is 9.97. The van der Waals surface area contributed by atoms with Crippen molar-refractivity contribution in [3.8, 4) is 11.8 Å². The summed E-state index contributed by atoms with van der Waals surface area (Å²) in [4.78, 5) is 19.0. The molecular formula is C23H18ClF2N5O3. The first-order valence-electron chi connectivity index (χ1n) is 10.4. The molecule has 1 aromatic heterocycles. The lowest BCUT2D eigenvalue weighted by Gasteiger charge is -2.14. The van der Waals surface area contributed by atoms with Gasteiger partial charge in [-0.05, 0) is 48.6 Å². The van der Waals surface area contributed by atoms with Crippen LogP contribution in [0, 0.1) is 33.1 Å². The van der Waals surface area contributed by atoms with Crippen molar-refractivity contribution in [2.75, 3.05) is 18.5 Å². The fourth-order valence-corrected chi connectivity index (χ4v) is 4.14. The van der Waals surface area contributed by atoms with Crippen LogP contribution in [0.5, 0.6) is 5.75 Å². The lowest BCUT2D eigenvalue weighted by Crippen LogP contribution is -2.12. The van der Waals surface area contributed by atoms with E-state index in [1.165, 1.54) is 30.3 Å². The molecule has 0 radical (unpaired) electrons. The minimum absolute atomic E-state index is 0.0159. The summed E-state index contributed by atoms with van der Waals surface area (Å²) in [5.74, 6) is -0.938. The Bertz CT molecular complexity index is 1300.